The summed E-state index contributed by atoms with van der Waals surface area (Å²) in [7, 11) is 0. The number of hydrogen-bond donors (Lipinski definition) is 2. The molecule has 5 nitrogen and oxygen atoms in total. The third kappa shape index (κ3) is 3.13. The van der Waals surface area contributed by atoms with Gasteiger partial charge in [-0.2, -0.15) is 0 Å². The van der Waals surface area contributed by atoms with Crippen molar-refractivity contribution in [3.8, 4) is 0 Å². The Kier molecular flexibility index (Phi) is 4.21. The van der Waals surface area contributed by atoms with Crippen molar-refractivity contribution in [1.82, 2.24) is 5.32 Å². The van der Waals surface area contributed by atoms with Gasteiger partial charge in [0.25, 0.3) is 0 Å². The summed E-state index contributed by atoms with van der Waals surface area (Å²) in [6.07, 6.45) is 0.431. The van der Waals surface area contributed by atoms with Crippen molar-refractivity contribution < 1.29 is 19.4 Å². The van der Waals surface area contributed by atoms with E-state index in [0.717, 1.165) is 10.0 Å². The molecule has 6 heteroatoms. The van der Waals surface area contributed by atoms with E-state index in [0.29, 0.717) is 13.0 Å². The van der Waals surface area contributed by atoms with Crippen molar-refractivity contribution in [2.75, 3.05) is 13.2 Å². The number of carbonyl (C=O) groups is 2. The summed E-state index contributed by atoms with van der Waals surface area (Å²) in [5.74, 6) is -1.37. The SMILES string of the molecule is O=C(Cc1ccccc1Br)NC1(C(=O)O)CCOC1. The van der Waals surface area contributed by atoms with Gasteiger partial charge in [-0.25, -0.2) is 4.79 Å². The molecule has 0 bridgehead atoms. The average Bonchev–Trinajstić information content (AvgIpc) is 2.82. The molecule has 1 saturated heterocycles. The molecule has 0 radical (unpaired) electrons. The fourth-order valence-electron chi connectivity index (χ4n) is 2.01. The van der Waals surface area contributed by atoms with Gasteiger partial charge in [0.05, 0.1) is 13.0 Å². The third-order valence-corrected chi connectivity index (χ3v) is 3.89. The molecule has 0 spiro atoms. The zero-order chi connectivity index (χ0) is 13.9. The van der Waals surface area contributed by atoms with Crippen LogP contribution in [0.3, 0.4) is 0 Å². The van der Waals surface area contributed by atoms with Gasteiger partial charge in [-0.15, -0.1) is 0 Å². The highest BCUT2D eigenvalue weighted by Gasteiger charge is 2.43. The summed E-state index contributed by atoms with van der Waals surface area (Å²) in [5, 5.41) is 11.8. The highest BCUT2D eigenvalue weighted by molar-refractivity contribution is 9.10. The van der Waals surface area contributed by atoms with Gasteiger partial charge in [0, 0.05) is 17.5 Å². The molecule has 1 unspecified atom stereocenters. The second-order valence-corrected chi connectivity index (χ2v) is 5.36. The summed E-state index contributed by atoms with van der Waals surface area (Å²) in [5.41, 5.74) is -0.460. The quantitative estimate of drug-likeness (QED) is 0.875. The summed E-state index contributed by atoms with van der Waals surface area (Å²) < 4.78 is 5.92. The van der Waals surface area contributed by atoms with E-state index in [2.05, 4.69) is 21.2 Å². The fraction of sp³-hybridized carbons (Fsp3) is 0.385. The molecule has 0 aromatic heterocycles. The number of rotatable bonds is 4. The van der Waals surface area contributed by atoms with Crippen molar-refractivity contribution >= 4 is 27.8 Å². The molecule has 1 aromatic carbocycles. The molecule has 0 saturated carbocycles. The van der Waals surface area contributed by atoms with Gasteiger partial charge < -0.3 is 15.2 Å². The minimum atomic E-state index is -1.28. The maximum atomic E-state index is 12.0. The average molecular weight is 328 g/mol. The lowest BCUT2D eigenvalue weighted by atomic mass is 9.98. The number of carbonyl (C=O) groups excluding carboxylic acids is 1. The summed E-state index contributed by atoms with van der Waals surface area (Å²) in [4.78, 5) is 23.3. The van der Waals surface area contributed by atoms with E-state index in [1.807, 2.05) is 24.3 Å². The number of amides is 1. The Morgan fingerprint density at radius 2 is 2.16 bits per heavy atom. The van der Waals surface area contributed by atoms with Gasteiger partial charge in [0.1, 0.15) is 0 Å². The first-order valence-electron chi connectivity index (χ1n) is 5.89. The molecule has 2 N–H and O–H groups in total. The Morgan fingerprint density at radius 3 is 2.74 bits per heavy atom. The standard InChI is InChI=1S/C13H14BrNO4/c14-10-4-2-1-3-9(10)7-11(16)15-13(12(17)18)5-6-19-8-13/h1-4H,5-8H2,(H,15,16)(H,17,18). The van der Waals surface area contributed by atoms with Gasteiger partial charge in [0.15, 0.2) is 5.54 Å². The van der Waals surface area contributed by atoms with Crippen molar-refractivity contribution in [1.29, 1.82) is 0 Å². The summed E-state index contributed by atoms with van der Waals surface area (Å²) >= 11 is 3.36. The summed E-state index contributed by atoms with van der Waals surface area (Å²) in [6, 6.07) is 7.35. The lowest BCUT2D eigenvalue weighted by molar-refractivity contribution is -0.147. The Hall–Kier alpha value is -1.40. The highest BCUT2D eigenvalue weighted by atomic mass is 79.9. The van der Waals surface area contributed by atoms with Crippen molar-refractivity contribution in [3.05, 3.63) is 34.3 Å². The number of aliphatic carboxylic acids is 1. The maximum absolute atomic E-state index is 12.0. The predicted octanol–water partition coefficient (Wildman–Crippen LogP) is 1.35. The van der Waals surface area contributed by atoms with E-state index < -0.39 is 11.5 Å². The lowest BCUT2D eigenvalue weighted by Crippen LogP contribution is -2.55. The van der Waals surface area contributed by atoms with Crippen LogP contribution in [0.2, 0.25) is 0 Å². The monoisotopic (exact) mass is 327 g/mol. The van der Waals surface area contributed by atoms with Crippen LogP contribution in [0.4, 0.5) is 0 Å². The van der Waals surface area contributed by atoms with Gasteiger partial charge in [-0.3, -0.25) is 4.79 Å². The topological polar surface area (TPSA) is 75.6 Å². The molecule has 1 amide bonds. The largest absolute Gasteiger partial charge is 0.479 e. The molecular formula is C13H14BrNO4. The molecule has 1 aliphatic heterocycles. The minimum absolute atomic E-state index is 0.0179. The van der Waals surface area contributed by atoms with Gasteiger partial charge in [0.2, 0.25) is 5.91 Å². The van der Waals surface area contributed by atoms with Crippen LogP contribution in [0.25, 0.3) is 0 Å². The van der Waals surface area contributed by atoms with Crippen LogP contribution >= 0.6 is 15.9 Å². The maximum Gasteiger partial charge on any atom is 0.331 e. The number of hydrogen-bond acceptors (Lipinski definition) is 3. The molecular weight excluding hydrogens is 314 g/mol. The van der Waals surface area contributed by atoms with E-state index in [9.17, 15) is 14.7 Å². The second-order valence-electron chi connectivity index (χ2n) is 4.51. The van der Waals surface area contributed by atoms with Crippen LogP contribution in [-0.2, 0) is 20.7 Å². The first-order valence-corrected chi connectivity index (χ1v) is 6.68. The van der Waals surface area contributed by atoms with E-state index in [4.69, 9.17) is 4.74 Å². The van der Waals surface area contributed by atoms with Crippen LogP contribution in [0.5, 0.6) is 0 Å². The summed E-state index contributed by atoms with van der Waals surface area (Å²) in [6.45, 7) is 0.367. The number of halogens is 1. The lowest BCUT2D eigenvalue weighted by Gasteiger charge is -2.23. The zero-order valence-corrected chi connectivity index (χ0v) is 11.8. The highest BCUT2D eigenvalue weighted by Crippen LogP contribution is 2.20. The molecule has 1 aliphatic rings. The van der Waals surface area contributed by atoms with Crippen molar-refractivity contribution in [2.24, 2.45) is 0 Å². The molecule has 102 valence electrons. The molecule has 1 heterocycles. The van der Waals surface area contributed by atoms with Crippen LogP contribution in [0.15, 0.2) is 28.7 Å². The molecule has 0 aliphatic carbocycles. The third-order valence-electron chi connectivity index (χ3n) is 3.12. The molecule has 2 rings (SSSR count). The van der Waals surface area contributed by atoms with E-state index in [-0.39, 0.29) is 18.9 Å². The first kappa shape index (κ1) is 14.0. The van der Waals surface area contributed by atoms with Crippen LogP contribution in [0, 0.1) is 0 Å². The zero-order valence-electron chi connectivity index (χ0n) is 10.2. The van der Waals surface area contributed by atoms with Gasteiger partial charge in [-0.05, 0) is 11.6 Å². The smallest absolute Gasteiger partial charge is 0.331 e. The van der Waals surface area contributed by atoms with Crippen LogP contribution in [0.1, 0.15) is 12.0 Å². The number of nitrogens with one attached hydrogen (secondary N) is 1. The fourth-order valence-corrected chi connectivity index (χ4v) is 2.44. The van der Waals surface area contributed by atoms with E-state index in [1.54, 1.807) is 0 Å². The normalized spacial score (nSPS) is 22.2. The molecule has 1 aromatic rings. The number of benzene rings is 1. The number of carboxylic acid groups (broad SMARTS) is 1. The van der Waals surface area contributed by atoms with E-state index >= 15 is 0 Å². The van der Waals surface area contributed by atoms with Crippen LogP contribution < -0.4 is 5.32 Å². The number of ether oxygens (including phenoxy) is 1. The minimum Gasteiger partial charge on any atom is -0.479 e. The van der Waals surface area contributed by atoms with Crippen molar-refractivity contribution in [2.45, 2.75) is 18.4 Å². The van der Waals surface area contributed by atoms with Gasteiger partial charge >= 0.3 is 5.97 Å². The Labute approximate surface area is 119 Å². The predicted molar refractivity (Wildman–Crippen MR) is 71.8 cm³/mol. The van der Waals surface area contributed by atoms with E-state index in [1.165, 1.54) is 0 Å². The van der Waals surface area contributed by atoms with Crippen LogP contribution in [-0.4, -0.2) is 35.7 Å². The Morgan fingerprint density at radius 1 is 1.42 bits per heavy atom. The van der Waals surface area contributed by atoms with Gasteiger partial charge in [-0.1, -0.05) is 34.1 Å². The molecule has 1 atom stereocenters. The number of carboxylic acids is 1. The van der Waals surface area contributed by atoms with Crippen molar-refractivity contribution in [3.63, 3.8) is 0 Å². The Balaban J connectivity index is 2.05. The molecule has 19 heavy (non-hydrogen) atoms. The second kappa shape index (κ2) is 5.71. The Bertz CT molecular complexity index is 497. The molecule has 1 fully saturated rings. The first-order chi connectivity index (χ1) is 9.03.